The molecular weight excluding hydrogens is 292 g/mol. The molecule has 2 N–H and O–H groups in total. The van der Waals surface area contributed by atoms with Crippen molar-refractivity contribution in [2.75, 3.05) is 11.9 Å². The van der Waals surface area contributed by atoms with Crippen LogP contribution in [0, 0.1) is 0 Å². The largest absolute Gasteiger partial charge is 0.477 e. The number of aromatic nitrogens is 1. The Morgan fingerprint density at radius 3 is 2.62 bits per heavy atom. The Balaban J connectivity index is 2.40. The molecule has 112 valence electrons. The fraction of sp³-hybridized carbons (Fsp3) is 0.231. The number of nitrogens with one attached hydrogen (secondary N) is 1. The maximum absolute atomic E-state index is 12.9. The summed E-state index contributed by atoms with van der Waals surface area (Å²) >= 11 is 0. The zero-order valence-corrected chi connectivity index (χ0v) is 10.5. The van der Waals surface area contributed by atoms with Crippen LogP contribution < -0.4 is 5.32 Å². The number of carboxylic acids is 1. The van der Waals surface area contributed by atoms with Crippen LogP contribution in [0.2, 0.25) is 0 Å². The standard InChI is InChI=1S/C13H10F4N2O2/c14-12(15)13(16,17)6-18-9-5-10(11(20)21)19-8-4-2-1-3-7(8)9/h1-5,12H,6H2,(H,18,19)(H,20,21). The zero-order chi connectivity index (χ0) is 15.6. The molecule has 1 aromatic carbocycles. The number of carbonyl (C=O) groups is 1. The van der Waals surface area contributed by atoms with Gasteiger partial charge < -0.3 is 10.4 Å². The van der Waals surface area contributed by atoms with Crippen molar-refractivity contribution in [3.63, 3.8) is 0 Å². The molecule has 0 saturated heterocycles. The summed E-state index contributed by atoms with van der Waals surface area (Å²) in [5, 5.41) is 11.5. The Kier molecular flexibility index (Phi) is 3.97. The van der Waals surface area contributed by atoms with Crippen molar-refractivity contribution in [1.29, 1.82) is 0 Å². The molecule has 2 aromatic rings. The third kappa shape index (κ3) is 3.21. The van der Waals surface area contributed by atoms with Crippen molar-refractivity contribution < 1.29 is 27.5 Å². The number of hydrogen-bond donors (Lipinski definition) is 2. The maximum Gasteiger partial charge on any atom is 0.354 e. The Labute approximate surface area is 116 Å². The highest BCUT2D eigenvalue weighted by Crippen LogP contribution is 2.27. The topological polar surface area (TPSA) is 62.2 Å². The molecule has 1 heterocycles. The highest BCUT2D eigenvalue weighted by atomic mass is 19.3. The van der Waals surface area contributed by atoms with E-state index in [0.717, 1.165) is 6.07 Å². The molecule has 0 aliphatic heterocycles. The van der Waals surface area contributed by atoms with Crippen molar-refractivity contribution in [2.45, 2.75) is 12.3 Å². The van der Waals surface area contributed by atoms with Crippen molar-refractivity contribution in [1.82, 2.24) is 4.98 Å². The van der Waals surface area contributed by atoms with E-state index in [1.807, 2.05) is 0 Å². The fourth-order valence-corrected chi connectivity index (χ4v) is 1.72. The highest BCUT2D eigenvalue weighted by Gasteiger charge is 2.40. The molecule has 0 unspecified atom stereocenters. The second-order valence-electron chi connectivity index (χ2n) is 4.29. The van der Waals surface area contributed by atoms with Crippen molar-refractivity contribution in [3.05, 3.63) is 36.0 Å². The predicted octanol–water partition coefficient (Wildman–Crippen LogP) is 3.25. The highest BCUT2D eigenvalue weighted by molar-refractivity contribution is 5.97. The molecule has 0 radical (unpaired) electrons. The molecule has 0 aliphatic carbocycles. The van der Waals surface area contributed by atoms with Gasteiger partial charge in [-0.2, -0.15) is 8.78 Å². The number of anilines is 1. The van der Waals surface area contributed by atoms with Gasteiger partial charge in [0.1, 0.15) is 0 Å². The van der Waals surface area contributed by atoms with E-state index in [4.69, 9.17) is 5.11 Å². The van der Waals surface area contributed by atoms with E-state index in [2.05, 4.69) is 10.3 Å². The van der Waals surface area contributed by atoms with Crippen molar-refractivity contribution in [3.8, 4) is 0 Å². The lowest BCUT2D eigenvalue weighted by Gasteiger charge is -2.17. The first-order valence-corrected chi connectivity index (χ1v) is 5.84. The third-order valence-electron chi connectivity index (χ3n) is 2.77. The minimum absolute atomic E-state index is 0.0123. The van der Waals surface area contributed by atoms with E-state index in [1.54, 1.807) is 12.1 Å². The number of rotatable bonds is 5. The molecule has 4 nitrogen and oxygen atoms in total. The quantitative estimate of drug-likeness (QED) is 0.832. The average Bonchev–Trinajstić information content (AvgIpc) is 2.44. The molecule has 1 aromatic heterocycles. The Bertz CT molecular complexity index is 676. The van der Waals surface area contributed by atoms with Crippen LogP contribution in [0.1, 0.15) is 10.5 Å². The smallest absolute Gasteiger partial charge is 0.354 e. The summed E-state index contributed by atoms with van der Waals surface area (Å²) in [6.07, 6.45) is -3.81. The summed E-state index contributed by atoms with van der Waals surface area (Å²) in [5.74, 6) is -5.56. The normalized spacial score (nSPS) is 11.9. The van der Waals surface area contributed by atoms with Gasteiger partial charge >= 0.3 is 18.3 Å². The number of carboxylic acid groups (broad SMARTS) is 1. The molecule has 0 amide bonds. The summed E-state index contributed by atoms with van der Waals surface area (Å²) in [4.78, 5) is 14.8. The number of nitrogens with zero attached hydrogens (tertiary/aromatic N) is 1. The summed E-state index contributed by atoms with van der Waals surface area (Å²) in [6.45, 7) is -1.31. The Morgan fingerprint density at radius 2 is 2.00 bits per heavy atom. The second-order valence-corrected chi connectivity index (χ2v) is 4.29. The predicted molar refractivity (Wildman–Crippen MR) is 68.1 cm³/mol. The van der Waals surface area contributed by atoms with Gasteiger partial charge in [-0.05, 0) is 12.1 Å². The van der Waals surface area contributed by atoms with E-state index >= 15 is 0 Å². The second kappa shape index (κ2) is 5.55. The lowest BCUT2D eigenvalue weighted by molar-refractivity contribution is -0.117. The van der Waals surface area contributed by atoms with Gasteiger partial charge in [0.05, 0.1) is 12.1 Å². The number of alkyl halides is 4. The molecule has 2 rings (SSSR count). The molecule has 0 atom stereocenters. The van der Waals surface area contributed by atoms with Gasteiger partial charge in [0.15, 0.2) is 5.69 Å². The number of hydrogen-bond acceptors (Lipinski definition) is 3. The molecule has 8 heteroatoms. The van der Waals surface area contributed by atoms with Crippen LogP contribution in [0.5, 0.6) is 0 Å². The lowest BCUT2D eigenvalue weighted by Crippen LogP contribution is -2.34. The monoisotopic (exact) mass is 302 g/mol. The van der Waals surface area contributed by atoms with Gasteiger partial charge in [-0.1, -0.05) is 18.2 Å². The van der Waals surface area contributed by atoms with Crippen LogP contribution >= 0.6 is 0 Å². The molecule has 0 fully saturated rings. The summed E-state index contributed by atoms with van der Waals surface area (Å²) in [5.41, 5.74) is -0.0878. The molecular formula is C13H10F4N2O2. The Hall–Kier alpha value is -2.38. The molecule has 0 aliphatic rings. The molecule has 0 bridgehead atoms. The number of pyridine rings is 1. The van der Waals surface area contributed by atoms with Gasteiger partial charge in [-0.25, -0.2) is 18.6 Å². The van der Waals surface area contributed by atoms with Gasteiger partial charge in [0, 0.05) is 11.1 Å². The van der Waals surface area contributed by atoms with Gasteiger partial charge in [0.2, 0.25) is 0 Å². The number of aromatic carboxylic acids is 1. The minimum atomic E-state index is -4.21. The fourth-order valence-electron chi connectivity index (χ4n) is 1.72. The number of benzene rings is 1. The van der Waals surface area contributed by atoms with E-state index in [-0.39, 0.29) is 16.9 Å². The number of para-hydroxylation sites is 1. The first-order chi connectivity index (χ1) is 9.81. The van der Waals surface area contributed by atoms with E-state index in [9.17, 15) is 22.4 Å². The van der Waals surface area contributed by atoms with Gasteiger partial charge in [-0.15, -0.1) is 0 Å². The maximum atomic E-state index is 12.9. The van der Waals surface area contributed by atoms with Crippen molar-refractivity contribution >= 4 is 22.6 Å². The van der Waals surface area contributed by atoms with Crippen LogP contribution in [-0.4, -0.2) is 35.0 Å². The van der Waals surface area contributed by atoms with Crippen LogP contribution in [0.4, 0.5) is 23.2 Å². The van der Waals surface area contributed by atoms with E-state index in [0.29, 0.717) is 5.39 Å². The van der Waals surface area contributed by atoms with E-state index in [1.165, 1.54) is 12.1 Å². The Morgan fingerprint density at radius 1 is 1.33 bits per heavy atom. The van der Waals surface area contributed by atoms with Crippen LogP contribution in [0.15, 0.2) is 30.3 Å². The SMILES string of the molecule is O=C(O)c1cc(NCC(F)(F)C(F)F)c2ccccc2n1. The van der Waals surface area contributed by atoms with Crippen LogP contribution in [0.25, 0.3) is 10.9 Å². The summed E-state index contributed by atoms with van der Waals surface area (Å²) < 4.78 is 50.2. The summed E-state index contributed by atoms with van der Waals surface area (Å²) in [7, 11) is 0. The molecule has 21 heavy (non-hydrogen) atoms. The van der Waals surface area contributed by atoms with E-state index < -0.39 is 24.9 Å². The first-order valence-electron chi connectivity index (χ1n) is 5.84. The lowest BCUT2D eigenvalue weighted by atomic mass is 10.1. The average molecular weight is 302 g/mol. The van der Waals surface area contributed by atoms with Crippen molar-refractivity contribution in [2.24, 2.45) is 0 Å². The summed E-state index contributed by atoms with van der Waals surface area (Å²) in [6, 6.07) is 7.25. The molecule has 0 saturated carbocycles. The van der Waals surface area contributed by atoms with Crippen LogP contribution in [-0.2, 0) is 0 Å². The van der Waals surface area contributed by atoms with Crippen LogP contribution in [0.3, 0.4) is 0 Å². The number of halogens is 4. The van der Waals surface area contributed by atoms with Gasteiger partial charge in [-0.3, -0.25) is 0 Å². The third-order valence-corrected chi connectivity index (χ3v) is 2.77. The molecule has 0 spiro atoms. The first kappa shape index (κ1) is 15.0. The number of fused-ring (bicyclic) bond motifs is 1. The van der Waals surface area contributed by atoms with Gasteiger partial charge in [0.25, 0.3) is 0 Å². The minimum Gasteiger partial charge on any atom is -0.477 e. The zero-order valence-electron chi connectivity index (χ0n) is 10.5.